The highest BCUT2D eigenvalue weighted by Crippen LogP contribution is 2.44. The summed E-state index contributed by atoms with van der Waals surface area (Å²) in [6.07, 6.45) is 1.31. The smallest absolute Gasteiger partial charge is 0.308 e. The van der Waals surface area contributed by atoms with E-state index in [1.54, 1.807) is 11.0 Å². The van der Waals surface area contributed by atoms with Gasteiger partial charge in [-0.25, -0.2) is 0 Å². The zero-order valence-electron chi connectivity index (χ0n) is 14.6. The van der Waals surface area contributed by atoms with Gasteiger partial charge < -0.3 is 28.9 Å². The maximum absolute atomic E-state index is 12.9. The average Bonchev–Trinajstić information content (AvgIpc) is 3.28. The van der Waals surface area contributed by atoms with Crippen LogP contribution in [0.3, 0.4) is 0 Å². The fourth-order valence-electron chi connectivity index (χ4n) is 4.21. The number of likely N-dealkylation sites (tertiary alicyclic amines) is 1. The molecular weight excluding hydrogens is 342 g/mol. The van der Waals surface area contributed by atoms with Gasteiger partial charge in [-0.3, -0.25) is 9.59 Å². The molecule has 1 aromatic heterocycles. The van der Waals surface area contributed by atoms with E-state index in [1.807, 2.05) is 4.90 Å². The Balaban J connectivity index is 1.49. The maximum atomic E-state index is 12.9. The number of aliphatic carboxylic acids is 1. The molecule has 3 aliphatic heterocycles. The zero-order chi connectivity index (χ0) is 18.1. The third-order valence-electron chi connectivity index (χ3n) is 5.77. The van der Waals surface area contributed by atoms with E-state index >= 15 is 0 Å². The number of rotatable bonds is 3. The first kappa shape index (κ1) is 17.3. The minimum Gasteiger partial charge on any atom is -0.481 e. The SMILES string of the molecule is O=C(O)C1CN(C(=O)c2cc(N3CCOCC3)no2)CC12CCOCC2. The predicted octanol–water partition coefficient (Wildman–Crippen LogP) is 0.465. The lowest BCUT2D eigenvalue weighted by molar-refractivity contribution is -0.146. The molecule has 0 aromatic carbocycles. The summed E-state index contributed by atoms with van der Waals surface area (Å²) >= 11 is 0. The number of ether oxygens (including phenoxy) is 2. The first-order valence-electron chi connectivity index (χ1n) is 8.98. The van der Waals surface area contributed by atoms with Crippen LogP contribution < -0.4 is 4.90 Å². The van der Waals surface area contributed by atoms with E-state index in [2.05, 4.69) is 5.16 Å². The Labute approximate surface area is 150 Å². The fourth-order valence-corrected chi connectivity index (χ4v) is 4.21. The van der Waals surface area contributed by atoms with Crippen LogP contribution in [0.2, 0.25) is 0 Å². The number of hydrogen-bond donors (Lipinski definition) is 1. The van der Waals surface area contributed by atoms with E-state index in [4.69, 9.17) is 14.0 Å². The Morgan fingerprint density at radius 2 is 1.85 bits per heavy atom. The van der Waals surface area contributed by atoms with Crippen molar-refractivity contribution in [3.63, 3.8) is 0 Å². The van der Waals surface area contributed by atoms with Gasteiger partial charge in [0.2, 0.25) is 5.76 Å². The van der Waals surface area contributed by atoms with Crippen molar-refractivity contribution in [3.05, 3.63) is 11.8 Å². The number of hydrogen-bond acceptors (Lipinski definition) is 7. The summed E-state index contributed by atoms with van der Waals surface area (Å²) in [7, 11) is 0. The van der Waals surface area contributed by atoms with Gasteiger partial charge in [-0.1, -0.05) is 5.16 Å². The van der Waals surface area contributed by atoms with E-state index in [-0.39, 0.29) is 18.2 Å². The van der Waals surface area contributed by atoms with Crippen molar-refractivity contribution in [2.45, 2.75) is 12.8 Å². The number of carbonyl (C=O) groups is 2. The van der Waals surface area contributed by atoms with Gasteiger partial charge in [-0.15, -0.1) is 0 Å². The molecule has 3 fully saturated rings. The van der Waals surface area contributed by atoms with Crippen molar-refractivity contribution in [2.75, 3.05) is 57.5 Å². The molecule has 3 aliphatic rings. The third kappa shape index (κ3) is 3.05. The first-order valence-corrected chi connectivity index (χ1v) is 8.98. The molecule has 142 valence electrons. The lowest BCUT2D eigenvalue weighted by Crippen LogP contribution is -2.40. The van der Waals surface area contributed by atoms with Crippen LogP contribution in [0.5, 0.6) is 0 Å². The monoisotopic (exact) mass is 365 g/mol. The van der Waals surface area contributed by atoms with E-state index in [0.717, 1.165) is 0 Å². The standard InChI is InChI=1S/C17H23N3O6/c21-15(13-9-14(18-26-13)19-3-7-25-8-4-19)20-10-12(16(22)23)17(11-20)1-5-24-6-2-17/h9,12H,1-8,10-11H2,(H,22,23). The van der Waals surface area contributed by atoms with Crippen LogP contribution in [0.4, 0.5) is 5.82 Å². The lowest BCUT2D eigenvalue weighted by atomic mass is 9.72. The van der Waals surface area contributed by atoms with Crippen LogP contribution in [0.1, 0.15) is 23.4 Å². The molecular formula is C17H23N3O6. The van der Waals surface area contributed by atoms with Crippen LogP contribution in [-0.4, -0.2) is 79.6 Å². The summed E-state index contributed by atoms with van der Waals surface area (Å²) in [6, 6.07) is 1.64. The zero-order valence-corrected chi connectivity index (χ0v) is 14.6. The second kappa shape index (κ2) is 6.88. The van der Waals surface area contributed by atoms with Gasteiger partial charge in [0.25, 0.3) is 5.91 Å². The van der Waals surface area contributed by atoms with E-state index in [1.165, 1.54) is 0 Å². The van der Waals surface area contributed by atoms with Gasteiger partial charge >= 0.3 is 5.97 Å². The van der Waals surface area contributed by atoms with Gasteiger partial charge in [0.1, 0.15) is 0 Å². The highest BCUT2D eigenvalue weighted by molar-refractivity contribution is 5.93. The Hall–Kier alpha value is -2.13. The molecule has 1 unspecified atom stereocenters. The number of carboxylic acid groups (broad SMARTS) is 1. The number of morpholine rings is 1. The Morgan fingerprint density at radius 3 is 2.54 bits per heavy atom. The van der Waals surface area contributed by atoms with Crippen LogP contribution in [0, 0.1) is 11.3 Å². The van der Waals surface area contributed by atoms with Crippen molar-refractivity contribution in [3.8, 4) is 0 Å². The van der Waals surface area contributed by atoms with Gasteiger partial charge in [-0.05, 0) is 12.8 Å². The summed E-state index contributed by atoms with van der Waals surface area (Å²) in [5, 5.41) is 13.6. The van der Waals surface area contributed by atoms with Crippen LogP contribution >= 0.6 is 0 Å². The van der Waals surface area contributed by atoms with Gasteiger partial charge in [-0.2, -0.15) is 0 Å². The molecule has 9 nitrogen and oxygen atoms in total. The Bertz CT molecular complexity index is 678. The van der Waals surface area contributed by atoms with Crippen LogP contribution in [0.15, 0.2) is 10.6 Å². The molecule has 1 N–H and O–H groups in total. The molecule has 26 heavy (non-hydrogen) atoms. The number of nitrogens with zero attached hydrogens (tertiary/aromatic N) is 3. The summed E-state index contributed by atoms with van der Waals surface area (Å²) in [5.41, 5.74) is -0.410. The number of amides is 1. The molecule has 0 radical (unpaired) electrons. The maximum Gasteiger partial charge on any atom is 0.308 e. The van der Waals surface area contributed by atoms with E-state index in [0.29, 0.717) is 64.7 Å². The topological polar surface area (TPSA) is 105 Å². The van der Waals surface area contributed by atoms with Crippen molar-refractivity contribution >= 4 is 17.7 Å². The second-order valence-electron chi connectivity index (χ2n) is 7.20. The van der Waals surface area contributed by atoms with Crippen LogP contribution in [-0.2, 0) is 14.3 Å². The molecule has 9 heteroatoms. The Kier molecular flexibility index (Phi) is 4.58. The van der Waals surface area contributed by atoms with Crippen molar-refractivity contribution in [2.24, 2.45) is 11.3 Å². The molecule has 1 aromatic rings. The summed E-state index contributed by atoms with van der Waals surface area (Å²) in [6.45, 7) is 4.33. The van der Waals surface area contributed by atoms with Crippen molar-refractivity contribution in [1.82, 2.24) is 10.1 Å². The third-order valence-corrected chi connectivity index (χ3v) is 5.77. The summed E-state index contributed by atoms with van der Waals surface area (Å²) in [4.78, 5) is 28.2. The van der Waals surface area contributed by atoms with E-state index in [9.17, 15) is 14.7 Å². The molecule has 1 spiro atoms. The minimum atomic E-state index is -0.853. The lowest BCUT2D eigenvalue weighted by Gasteiger charge is -2.35. The number of anilines is 1. The van der Waals surface area contributed by atoms with Crippen LogP contribution in [0.25, 0.3) is 0 Å². The van der Waals surface area contributed by atoms with Gasteiger partial charge in [0, 0.05) is 50.9 Å². The molecule has 4 rings (SSSR count). The number of aromatic nitrogens is 1. The van der Waals surface area contributed by atoms with Crippen molar-refractivity contribution < 1.29 is 28.7 Å². The molecule has 0 aliphatic carbocycles. The normalized spacial score (nSPS) is 25.6. The molecule has 3 saturated heterocycles. The second-order valence-corrected chi connectivity index (χ2v) is 7.20. The summed E-state index contributed by atoms with van der Waals surface area (Å²) < 4.78 is 16.0. The molecule has 4 heterocycles. The highest BCUT2D eigenvalue weighted by Gasteiger charge is 2.52. The quantitative estimate of drug-likeness (QED) is 0.824. The van der Waals surface area contributed by atoms with Crippen molar-refractivity contribution in [1.29, 1.82) is 0 Å². The first-order chi connectivity index (χ1) is 12.6. The number of carboxylic acids is 1. The highest BCUT2D eigenvalue weighted by atomic mass is 16.5. The number of carbonyl (C=O) groups excluding carboxylic acids is 1. The Morgan fingerprint density at radius 1 is 1.15 bits per heavy atom. The molecule has 1 atom stereocenters. The predicted molar refractivity (Wildman–Crippen MR) is 89.1 cm³/mol. The average molecular weight is 365 g/mol. The molecule has 0 bridgehead atoms. The summed E-state index contributed by atoms with van der Waals surface area (Å²) in [5.74, 6) is -0.955. The minimum absolute atomic E-state index is 0.153. The molecule has 0 saturated carbocycles. The fraction of sp³-hybridized carbons (Fsp3) is 0.706. The molecule has 1 amide bonds. The van der Waals surface area contributed by atoms with Gasteiger partial charge in [0.15, 0.2) is 5.82 Å². The van der Waals surface area contributed by atoms with Gasteiger partial charge in [0.05, 0.1) is 19.1 Å². The van der Waals surface area contributed by atoms with E-state index < -0.39 is 17.3 Å². The largest absolute Gasteiger partial charge is 0.481 e.